The molecule has 0 bridgehead atoms. The molecular weight excluding hydrogens is 445 g/mol. The van der Waals surface area contributed by atoms with Gasteiger partial charge in [-0.05, 0) is 74.9 Å². The van der Waals surface area contributed by atoms with E-state index in [2.05, 4.69) is 0 Å². The predicted molar refractivity (Wildman–Crippen MR) is 134 cm³/mol. The minimum atomic E-state index is -0.594. The number of rotatable bonds is 6. The molecule has 0 N–H and O–H groups in total. The molecule has 4 rings (SSSR count). The van der Waals surface area contributed by atoms with Gasteiger partial charge in [-0.2, -0.15) is 0 Å². The maximum Gasteiger partial charge on any atom is 0.294 e. The lowest BCUT2D eigenvalue weighted by molar-refractivity contribution is -0.124. The van der Waals surface area contributed by atoms with Crippen molar-refractivity contribution in [3.8, 4) is 0 Å². The first-order valence-electron chi connectivity index (χ1n) is 12.1. The number of amides is 2. The van der Waals surface area contributed by atoms with Gasteiger partial charge in [0.05, 0.1) is 5.56 Å². The van der Waals surface area contributed by atoms with Gasteiger partial charge in [-0.1, -0.05) is 12.1 Å². The Morgan fingerprint density at radius 1 is 1.03 bits per heavy atom. The molecule has 2 heterocycles. The van der Waals surface area contributed by atoms with Gasteiger partial charge in [-0.3, -0.25) is 14.4 Å². The van der Waals surface area contributed by atoms with Crippen molar-refractivity contribution in [2.45, 2.75) is 39.2 Å². The second kappa shape index (κ2) is 10.0. The summed E-state index contributed by atoms with van der Waals surface area (Å²) in [5, 5.41) is 0.689. The second-order valence-corrected chi connectivity index (χ2v) is 9.87. The highest BCUT2D eigenvalue weighted by atomic mass is 19.1. The second-order valence-electron chi connectivity index (χ2n) is 9.87. The van der Waals surface area contributed by atoms with E-state index < -0.39 is 11.7 Å². The van der Waals surface area contributed by atoms with Crippen LogP contribution in [0.3, 0.4) is 0 Å². The van der Waals surface area contributed by atoms with Crippen molar-refractivity contribution in [1.29, 1.82) is 0 Å². The lowest BCUT2D eigenvalue weighted by Crippen LogP contribution is -2.38. The van der Waals surface area contributed by atoms with E-state index >= 15 is 0 Å². The molecule has 1 aliphatic rings. The van der Waals surface area contributed by atoms with Gasteiger partial charge >= 0.3 is 0 Å². The van der Waals surface area contributed by atoms with Gasteiger partial charge in [0.2, 0.25) is 5.78 Å². The van der Waals surface area contributed by atoms with Crippen LogP contribution in [0.25, 0.3) is 10.9 Å². The Labute approximate surface area is 205 Å². The predicted octanol–water partition coefficient (Wildman–Crippen LogP) is 4.73. The lowest BCUT2D eigenvalue weighted by Gasteiger charge is -2.32. The van der Waals surface area contributed by atoms with Gasteiger partial charge in [0.1, 0.15) is 5.82 Å². The van der Waals surface area contributed by atoms with E-state index in [-0.39, 0.29) is 23.3 Å². The Balaban J connectivity index is 1.55. The number of likely N-dealkylation sites (tertiary alicyclic amines) is 1. The standard InChI is InChI=1S/C28H32FN3O3/c1-18(2)32-17-24(23-16-21(7-10-25(23)32)26(33)28(35)30(3)4)27(34)31-13-11-20(12-14-31)15-19-5-8-22(29)9-6-19/h5-10,16-18,20H,11-15H2,1-4H3. The van der Waals surface area contributed by atoms with Gasteiger partial charge in [0.25, 0.3) is 11.8 Å². The Morgan fingerprint density at radius 2 is 1.69 bits per heavy atom. The quantitative estimate of drug-likeness (QED) is 0.381. The van der Waals surface area contributed by atoms with Crippen molar-refractivity contribution in [2.24, 2.45) is 5.92 Å². The highest BCUT2D eigenvalue weighted by molar-refractivity contribution is 6.43. The van der Waals surface area contributed by atoms with E-state index in [0.717, 1.165) is 30.3 Å². The minimum Gasteiger partial charge on any atom is -0.344 e. The molecule has 2 amide bonds. The Hall–Kier alpha value is -3.48. The zero-order valence-corrected chi connectivity index (χ0v) is 20.8. The molecule has 1 saturated heterocycles. The SMILES string of the molecule is CC(C)n1cc(C(=O)N2CCC(Cc3ccc(F)cc3)CC2)c2cc(C(=O)C(=O)N(C)C)ccc21. The number of carbonyl (C=O) groups excluding carboxylic acids is 3. The number of fused-ring (bicyclic) bond motifs is 1. The summed E-state index contributed by atoms with van der Waals surface area (Å²) in [7, 11) is 3.09. The average Bonchev–Trinajstić information content (AvgIpc) is 3.23. The van der Waals surface area contributed by atoms with E-state index in [1.807, 2.05) is 47.7 Å². The van der Waals surface area contributed by atoms with Crippen molar-refractivity contribution in [3.05, 3.63) is 71.2 Å². The van der Waals surface area contributed by atoms with Gasteiger partial charge in [-0.15, -0.1) is 0 Å². The summed E-state index contributed by atoms with van der Waals surface area (Å²) in [6.07, 6.45) is 4.50. The summed E-state index contributed by atoms with van der Waals surface area (Å²) in [5.41, 5.74) is 2.81. The molecule has 0 unspecified atom stereocenters. The summed E-state index contributed by atoms with van der Waals surface area (Å²) in [4.78, 5) is 41.6. The number of hydrogen-bond donors (Lipinski definition) is 0. The maximum atomic E-state index is 13.6. The fourth-order valence-corrected chi connectivity index (χ4v) is 4.78. The van der Waals surface area contributed by atoms with Crippen LogP contribution in [0.15, 0.2) is 48.7 Å². The fourth-order valence-electron chi connectivity index (χ4n) is 4.78. The van der Waals surface area contributed by atoms with E-state index in [1.165, 1.54) is 17.0 Å². The molecule has 0 spiro atoms. The largest absolute Gasteiger partial charge is 0.344 e. The highest BCUT2D eigenvalue weighted by Gasteiger charge is 2.27. The number of piperidine rings is 1. The van der Waals surface area contributed by atoms with Crippen LogP contribution < -0.4 is 0 Å². The third-order valence-corrected chi connectivity index (χ3v) is 6.82. The Morgan fingerprint density at radius 3 is 2.29 bits per heavy atom. The molecule has 6 nitrogen and oxygen atoms in total. The van der Waals surface area contributed by atoms with Crippen LogP contribution in [-0.2, 0) is 11.2 Å². The van der Waals surface area contributed by atoms with Crippen molar-refractivity contribution in [3.63, 3.8) is 0 Å². The number of Topliss-reactive ketones (excluding diaryl/α,β-unsaturated/α-hetero) is 1. The number of likely N-dealkylation sites (N-methyl/N-ethyl adjacent to an activating group) is 1. The van der Waals surface area contributed by atoms with Crippen LogP contribution in [0.2, 0.25) is 0 Å². The molecule has 35 heavy (non-hydrogen) atoms. The van der Waals surface area contributed by atoms with Gasteiger partial charge < -0.3 is 14.4 Å². The third-order valence-electron chi connectivity index (χ3n) is 6.82. The molecule has 184 valence electrons. The molecule has 0 atom stereocenters. The van der Waals surface area contributed by atoms with Gasteiger partial charge in [0, 0.05) is 55.9 Å². The first-order chi connectivity index (χ1) is 16.7. The summed E-state index contributed by atoms with van der Waals surface area (Å²) in [5.74, 6) is -1.02. The van der Waals surface area contributed by atoms with Crippen molar-refractivity contribution in [1.82, 2.24) is 14.4 Å². The molecule has 0 aliphatic carbocycles. The summed E-state index contributed by atoms with van der Waals surface area (Å²) < 4.78 is 15.2. The molecule has 7 heteroatoms. The number of benzene rings is 2. The normalized spacial score (nSPS) is 14.5. The molecule has 2 aromatic carbocycles. The smallest absolute Gasteiger partial charge is 0.294 e. The fraction of sp³-hybridized carbons (Fsp3) is 0.393. The zero-order chi connectivity index (χ0) is 25.3. The summed E-state index contributed by atoms with van der Waals surface area (Å²) in [6, 6.07) is 11.9. The minimum absolute atomic E-state index is 0.0573. The van der Waals surface area contributed by atoms with E-state index in [9.17, 15) is 18.8 Å². The first-order valence-corrected chi connectivity index (χ1v) is 12.1. The van der Waals surface area contributed by atoms with Crippen LogP contribution >= 0.6 is 0 Å². The molecule has 0 saturated carbocycles. The number of hydrogen-bond acceptors (Lipinski definition) is 3. The number of ketones is 1. The average molecular weight is 478 g/mol. The zero-order valence-electron chi connectivity index (χ0n) is 20.8. The number of carbonyl (C=O) groups is 3. The highest BCUT2D eigenvalue weighted by Crippen LogP contribution is 2.29. The monoisotopic (exact) mass is 477 g/mol. The molecule has 0 radical (unpaired) electrons. The van der Waals surface area contributed by atoms with Crippen molar-refractivity contribution < 1.29 is 18.8 Å². The molecule has 1 aliphatic heterocycles. The van der Waals surface area contributed by atoms with Crippen LogP contribution in [0.1, 0.15) is 59.0 Å². The van der Waals surface area contributed by atoms with E-state index in [0.29, 0.717) is 30.0 Å². The van der Waals surface area contributed by atoms with Crippen molar-refractivity contribution in [2.75, 3.05) is 27.2 Å². The van der Waals surface area contributed by atoms with Crippen LogP contribution in [0.5, 0.6) is 0 Å². The summed E-state index contributed by atoms with van der Waals surface area (Å²) in [6.45, 7) is 5.39. The van der Waals surface area contributed by atoms with Crippen LogP contribution in [-0.4, -0.2) is 59.1 Å². The number of halogens is 1. The summed E-state index contributed by atoms with van der Waals surface area (Å²) >= 11 is 0. The molecule has 3 aromatic rings. The van der Waals surface area contributed by atoms with Gasteiger partial charge in [-0.25, -0.2) is 4.39 Å². The van der Waals surface area contributed by atoms with Crippen LogP contribution in [0.4, 0.5) is 4.39 Å². The number of aromatic nitrogens is 1. The third kappa shape index (κ3) is 5.14. The van der Waals surface area contributed by atoms with E-state index in [1.54, 1.807) is 26.2 Å². The van der Waals surface area contributed by atoms with Crippen LogP contribution in [0, 0.1) is 11.7 Å². The van der Waals surface area contributed by atoms with Gasteiger partial charge in [0.15, 0.2) is 0 Å². The molecular formula is C28H32FN3O3. The Kier molecular flexibility index (Phi) is 7.05. The Bertz CT molecular complexity index is 1250. The first kappa shape index (κ1) is 24.6. The van der Waals surface area contributed by atoms with E-state index in [4.69, 9.17) is 0 Å². The maximum absolute atomic E-state index is 13.6. The topological polar surface area (TPSA) is 62.6 Å². The lowest BCUT2D eigenvalue weighted by atomic mass is 9.90. The molecule has 1 aromatic heterocycles. The molecule has 1 fully saturated rings. The van der Waals surface area contributed by atoms with Crippen molar-refractivity contribution >= 4 is 28.5 Å². The number of nitrogens with zero attached hydrogens (tertiary/aromatic N) is 3.